The van der Waals surface area contributed by atoms with Crippen molar-refractivity contribution in [2.24, 2.45) is 5.92 Å². The average molecular weight is 178 g/mol. The zero-order valence-electron chi connectivity index (χ0n) is 8.89. The summed E-state index contributed by atoms with van der Waals surface area (Å²) in [6.45, 7) is 6.07. The molecule has 0 aliphatic heterocycles. The Labute approximate surface area is 82.7 Å². The number of allylic oxidation sites excluding steroid dienone is 3. The molecule has 0 aromatic rings. The second-order valence-corrected chi connectivity index (χ2v) is 4.06. The molecule has 0 unspecified atom stereocenters. The molecule has 0 amide bonds. The van der Waals surface area contributed by atoms with Crippen LogP contribution in [0.1, 0.15) is 51.9 Å². The molecule has 74 valence electrons. The Hall–Kier alpha value is -0.520. The first-order valence-electron chi connectivity index (χ1n) is 5.70. The molecule has 0 heteroatoms. The van der Waals surface area contributed by atoms with Gasteiger partial charge in [0.25, 0.3) is 0 Å². The molecule has 0 atom stereocenters. The summed E-state index contributed by atoms with van der Waals surface area (Å²) in [7, 11) is 0. The predicted octanol–water partition coefficient (Wildman–Crippen LogP) is 4.48. The lowest BCUT2D eigenvalue weighted by Gasteiger charge is -2.13. The summed E-state index contributed by atoms with van der Waals surface area (Å²) in [6, 6.07) is 0. The molecule has 13 heavy (non-hydrogen) atoms. The molecule has 1 aliphatic carbocycles. The summed E-state index contributed by atoms with van der Waals surface area (Å²) in [5, 5.41) is 0. The van der Waals surface area contributed by atoms with E-state index in [1.54, 1.807) is 5.57 Å². The van der Waals surface area contributed by atoms with Crippen molar-refractivity contribution in [1.29, 1.82) is 0 Å². The van der Waals surface area contributed by atoms with Gasteiger partial charge in [0.05, 0.1) is 0 Å². The van der Waals surface area contributed by atoms with Gasteiger partial charge in [0.2, 0.25) is 0 Å². The van der Waals surface area contributed by atoms with Crippen molar-refractivity contribution in [1.82, 2.24) is 0 Å². The number of rotatable bonds is 5. The van der Waals surface area contributed by atoms with E-state index in [0.717, 1.165) is 5.92 Å². The molecule has 1 aliphatic rings. The Morgan fingerprint density at radius 3 is 2.62 bits per heavy atom. The molecule has 0 saturated heterocycles. The fourth-order valence-corrected chi connectivity index (χ4v) is 2.25. The lowest BCUT2D eigenvalue weighted by Crippen LogP contribution is -1.98. The topological polar surface area (TPSA) is 0 Å². The first-order valence-corrected chi connectivity index (χ1v) is 5.70. The third-order valence-corrected chi connectivity index (χ3v) is 3.03. The van der Waals surface area contributed by atoms with Crippen LogP contribution in [0.2, 0.25) is 0 Å². The summed E-state index contributed by atoms with van der Waals surface area (Å²) >= 11 is 0. The smallest absolute Gasteiger partial charge is 0.0200 e. The van der Waals surface area contributed by atoms with E-state index in [0.29, 0.717) is 0 Å². The molecule has 0 aromatic carbocycles. The highest BCUT2D eigenvalue weighted by atomic mass is 14.2. The molecule has 0 heterocycles. The van der Waals surface area contributed by atoms with Crippen molar-refractivity contribution in [3.8, 4) is 0 Å². The highest BCUT2D eigenvalue weighted by Gasteiger charge is 2.17. The molecule has 1 saturated carbocycles. The lowest BCUT2D eigenvalue weighted by atomic mass is 9.93. The van der Waals surface area contributed by atoms with E-state index in [2.05, 4.69) is 19.6 Å². The van der Waals surface area contributed by atoms with E-state index in [4.69, 9.17) is 0 Å². The van der Waals surface area contributed by atoms with Crippen molar-refractivity contribution in [3.05, 3.63) is 24.3 Å². The van der Waals surface area contributed by atoms with Crippen molar-refractivity contribution in [3.63, 3.8) is 0 Å². The molecule has 0 bridgehead atoms. The Balaban J connectivity index is 2.45. The second-order valence-electron chi connectivity index (χ2n) is 4.06. The van der Waals surface area contributed by atoms with E-state index < -0.39 is 0 Å². The van der Waals surface area contributed by atoms with Crippen LogP contribution in [0.5, 0.6) is 0 Å². The number of unbranched alkanes of at least 4 members (excludes halogenated alkanes) is 1. The normalized spacial score (nSPS) is 19.3. The SMILES string of the molecule is C=C/C=C(\CCCC)C1CCCC1. The molecular formula is C13H22. The zero-order chi connectivity index (χ0) is 9.52. The minimum Gasteiger partial charge on any atom is -0.0991 e. The molecule has 0 radical (unpaired) electrons. The fraction of sp³-hybridized carbons (Fsp3) is 0.692. The van der Waals surface area contributed by atoms with Gasteiger partial charge >= 0.3 is 0 Å². The maximum atomic E-state index is 3.80. The fourth-order valence-electron chi connectivity index (χ4n) is 2.25. The average Bonchev–Trinajstić information content (AvgIpc) is 2.65. The molecule has 1 fully saturated rings. The van der Waals surface area contributed by atoms with Crippen molar-refractivity contribution in [2.75, 3.05) is 0 Å². The van der Waals surface area contributed by atoms with Crippen molar-refractivity contribution in [2.45, 2.75) is 51.9 Å². The van der Waals surface area contributed by atoms with Crippen LogP contribution < -0.4 is 0 Å². The summed E-state index contributed by atoms with van der Waals surface area (Å²) in [5.41, 5.74) is 1.66. The first kappa shape index (κ1) is 10.6. The van der Waals surface area contributed by atoms with Crippen LogP contribution in [0.4, 0.5) is 0 Å². The largest absolute Gasteiger partial charge is 0.0991 e. The first-order chi connectivity index (χ1) is 6.38. The van der Waals surface area contributed by atoms with E-state index in [1.165, 1.54) is 44.9 Å². The van der Waals surface area contributed by atoms with E-state index in [-0.39, 0.29) is 0 Å². The molecular weight excluding hydrogens is 156 g/mol. The van der Waals surface area contributed by atoms with Crippen LogP contribution in [-0.4, -0.2) is 0 Å². The Morgan fingerprint density at radius 1 is 1.38 bits per heavy atom. The minimum absolute atomic E-state index is 0.893. The molecule has 1 rings (SSSR count). The van der Waals surface area contributed by atoms with Crippen LogP contribution in [-0.2, 0) is 0 Å². The van der Waals surface area contributed by atoms with Gasteiger partial charge in [0.15, 0.2) is 0 Å². The minimum atomic E-state index is 0.893. The third kappa shape index (κ3) is 3.38. The summed E-state index contributed by atoms with van der Waals surface area (Å²) in [5.74, 6) is 0.893. The Morgan fingerprint density at radius 2 is 2.08 bits per heavy atom. The summed E-state index contributed by atoms with van der Waals surface area (Å²) in [4.78, 5) is 0. The highest BCUT2D eigenvalue weighted by molar-refractivity contribution is 5.14. The molecule has 0 nitrogen and oxygen atoms in total. The number of hydrogen-bond donors (Lipinski definition) is 0. The maximum absolute atomic E-state index is 3.80. The monoisotopic (exact) mass is 178 g/mol. The zero-order valence-corrected chi connectivity index (χ0v) is 8.89. The third-order valence-electron chi connectivity index (χ3n) is 3.03. The van der Waals surface area contributed by atoms with Crippen LogP contribution in [0.25, 0.3) is 0 Å². The van der Waals surface area contributed by atoms with Gasteiger partial charge in [0, 0.05) is 0 Å². The predicted molar refractivity (Wildman–Crippen MR) is 59.8 cm³/mol. The quantitative estimate of drug-likeness (QED) is 0.544. The van der Waals surface area contributed by atoms with Crippen LogP contribution in [0.3, 0.4) is 0 Å². The van der Waals surface area contributed by atoms with Crippen LogP contribution >= 0.6 is 0 Å². The van der Waals surface area contributed by atoms with Gasteiger partial charge in [-0.1, -0.05) is 50.5 Å². The summed E-state index contributed by atoms with van der Waals surface area (Å²) in [6.07, 6.45) is 13.9. The van der Waals surface area contributed by atoms with Gasteiger partial charge in [-0.3, -0.25) is 0 Å². The van der Waals surface area contributed by atoms with Gasteiger partial charge in [0.1, 0.15) is 0 Å². The van der Waals surface area contributed by atoms with Gasteiger partial charge in [-0.15, -0.1) is 0 Å². The maximum Gasteiger partial charge on any atom is -0.0200 e. The standard InChI is InChI=1S/C13H22/c1-3-5-9-12(8-4-2)13-10-6-7-11-13/h4,8,13H,2-3,5-7,9-11H2,1H3/b12-8+. The molecule has 0 N–H and O–H groups in total. The molecule has 0 spiro atoms. The van der Waals surface area contributed by atoms with Gasteiger partial charge in [-0.2, -0.15) is 0 Å². The number of hydrogen-bond acceptors (Lipinski definition) is 0. The van der Waals surface area contributed by atoms with Gasteiger partial charge in [-0.05, 0) is 31.6 Å². The van der Waals surface area contributed by atoms with E-state index in [1.807, 2.05) is 6.08 Å². The van der Waals surface area contributed by atoms with Gasteiger partial charge < -0.3 is 0 Å². The van der Waals surface area contributed by atoms with Crippen LogP contribution in [0, 0.1) is 5.92 Å². The van der Waals surface area contributed by atoms with Crippen LogP contribution in [0.15, 0.2) is 24.3 Å². The van der Waals surface area contributed by atoms with Crippen molar-refractivity contribution < 1.29 is 0 Å². The van der Waals surface area contributed by atoms with Crippen molar-refractivity contribution >= 4 is 0 Å². The molecule has 0 aromatic heterocycles. The summed E-state index contributed by atoms with van der Waals surface area (Å²) < 4.78 is 0. The Kier molecular flexibility index (Phi) is 4.88. The lowest BCUT2D eigenvalue weighted by molar-refractivity contribution is 0.595. The Bertz CT molecular complexity index is 170. The second kappa shape index (κ2) is 6.01. The highest BCUT2D eigenvalue weighted by Crippen LogP contribution is 2.33. The van der Waals surface area contributed by atoms with E-state index >= 15 is 0 Å². The van der Waals surface area contributed by atoms with Gasteiger partial charge in [-0.25, -0.2) is 0 Å². The van der Waals surface area contributed by atoms with E-state index in [9.17, 15) is 0 Å².